The van der Waals surface area contributed by atoms with Gasteiger partial charge in [-0.25, -0.2) is 4.99 Å². The molecular weight excluding hydrogens is 282 g/mol. The Morgan fingerprint density at radius 2 is 1.65 bits per heavy atom. The van der Waals surface area contributed by atoms with Crippen LogP contribution in [0.15, 0.2) is 34.3 Å². The second-order valence-corrected chi connectivity index (χ2v) is 3.47. The summed E-state index contributed by atoms with van der Waals surface area (Å²) < 4.78 is 52.9. The van der Waals surface area contributed by atoms with E-state index in [2.05, 4.69) is 14.7 Å². The van der Waals surface area contributed by atoms with Gasteiger partial charge in [-0.1, -0.05) is 0 Å². The lowest BCUT2D eigenvalue weighted by Crippen LogP contribution is -2.33. The molecule has 0 fully saturated rings. The molecule has 6 nitrogen and oxygen atoms in total. The molecule has 1 aromatic carbocycles. The summed E-state index contributed by atoms with van der Waals surface area (Å²) in [6.45, 7) is 0. The maximum absolute atomic E-state index is 12.6. The van der Waals surface area contributed by atoms with E-state index in [9.17, 15) is 17.6 Å². The fraction of sp³-hybridized carbons (Fsp3) is 0.200. The number of rotatable bonds is 4. The first-order valence-electron chi connectivity index (χ1n) is 5.09. The average molecular weight is 293 g/mol. The van der Waals surface area contributed by atoms with E-state index in [1.165, 1.54) is 12.1 Å². The van der Waals surface area contributed by atoms with Crippen molar-refractivity contribution in [3.05, 3.63) is 24.3 Å². The van der Waals surface area contributed by atoms with Crippen LogP contribution >= 0.6 is 0 Å². The van der Waals surface area contributed by atoms with Crippen LogP contribution in [0.25, 0.3) is 0 Å². The van der Waals surface area contributed by atoms with E-state index < -0.39 is 18.3 Å². The SMILES string of the molecule is NC(N)=NC(N)=Nc1ccc(OC(F)(F)C(F)F)cc1. The summed E-state index contributed by atoms with van der Waals surface area (Å²) in [5.41, 5.74) is 15.7. The van der Waals surface area contributed by atoms with Gasteiger partial charge in [0.2, 0.25) is 5.96 Å². The molecule has 0 saturated carbocycles. The van der Waals surface area contributed by atoms with E-state index in [1.54, 1.807) is 0 Å². The number of alkyl halides is 4. The van der Waals surface area contributed by atoms with Crippen LogP contribution in [0, 0.1) is 0 Å². The number of halogens is 4. The Bertz CT molecular complexity index is 511. The minimum Gasteiger partial charge on any atom is -0.428 e. The van der Waals surface area contributed by atoms with Crippen LogP contribution in [0.4, 0.5) is 23.2 Å². The molecular formula is C10H11F4N5O. The third-order valence-corrected chi connectivity index (χ3v) is 1.83. The first-order valence-corrected chi connectivity index (χ1v) is 5.09. The number of benzene rings is 1. The Labute approximate surface area is 110 Å². The smallest absolute Gasteiger partial charge is 0.428 e. The van der Waals surface area contributed by atoms with Crippen molar-refractivity contribution in [2.45, 2.75) is 12.5 Å². The zero-order valence-electron chi connectivity index (χ0n) is 9.93. The molecule has 20 heavy (non-hydrogen) atoms. The van der Waals surface area contributed by atoms with Crippen LogP contribution in [-0.2, 0) is 0 Å². The highest BCUT2D eigenvalue weighted by atomic mass is 19.3. The van der Waals surface area contributed by atoms with Gasteiger partial charge in [-0.2, -0.15) is 22.6 Å². The standard InChI is InChI=1S/C10H11F4N5O/c11-7(12)10(13,14)20-6-3-1-5(2-4-6)18-9(17)19-8(15)16/h1-4,7H,(H6,15,16,17,18,19). The molecule has 0 atom stereocenters. The number of aliphatic imine (C=N–C) groups is 2. The molecule has 0 aromatic heterocycles. The van der Waals surface area contributed by atoms with Crippen molar-refractivity contribution in [2.75, 3.05) is 0 Å². The second kappa shape index (κ2) is 6.08. The highest BCUT2D eigenvalue weighted by molar-refractivity contribution is 5.93. The van der Waals surface area contributed by atoms with E-state index in [0.717, 1.165) is 12.1 Å². The van der Waals surface area contributed by atoms with E-state index in [4.69, 9.17) is 17.2 Å². The highest BCUT2D eigenvalue weighted by Crippen LogP contribution is 2.28. The number of hydrogen-bond acceptors (Lipinski definition) is 2. The van der Waals surface area contributed by atoms with Crippen molar-refractivity contribution in [3.63, 3.8) is 0 Å². The zero-order chi connectivity index (χ0) is 15.3. The molecule has 0 spiro atoms. The highest BCUT2D eigenvalue weighted by Gasteiger charge is 2.43. The molecule has 1 rings (SSSR count). The first kappa shape index (κ1) is 15.5. The molecule has 110 valence electrons. The van der Waals surface area contributed by atoms with Crippen molar-refractivity contribution in [1.29, 1.82) is 0 Å². The van der Waals surface area contributed by atoms with Gasteiger partial charge >= 0.3 is 12.5 Å². The third-order valence-electron chi connectivity index (χ3n) is 1.83. The van der Waals surface area contributed by atoms with Crippen LogP contribution in [0.3, 0.4) is 0 Å². The molecule has 0 aliphatic rings. The lowest BCUT2D eigenvalue weighted by molar-refractivity contribution is -0.253. The third kappa shape index (κ3) is 4.63. The maximum Gasteiger partial charge on any atom is 0.461 e. The van der Waals surface area contributed by atoms with Crippen LogP contribution in [-0.4, -0.2) is 24.5 Å². The van der Waals surface area contributed by atoms with Crippen molar-refractivity contribution in [2.24, 2.45) is 27.2 Å². The Kier molecular flexibility index (Phi) is 4.73. The van der Waals surface area contributed by atoms with Crippen LogP contribution in [0.1, 0.15) is 0 Å². The van der Waals surface area contributed by atoms with Crippen LogP contribution < -0.4 is 21.9 Å². The Balaban J connectivity index is 2.82. The molecule has 10 heteroatoms. The number of hydrogen-bond donors (Lipinski definition) is 3. The minimum atomic E-state index is -4.57. The molecule has 0 aliphatic heterocycles. The quantitative estimate of drug-likeness (QED) is 0.439. The van der Waals surface area contributed by atoms with Gasteiger partial charge in [0.25, 0.3) is 0 Å². The average Bonchev–Trinajstić information content (AvgIpc) is 2.30. The predicted octanol–water partition coefficient (Wildman–Crippen LogP) is 1.14. The summed E-state index contributed by atoms with van der Waals surface area (Å²) in [5, 5.41) is 0. The van der Waals surface area contributed by atoms with Gasteiger partial charge in [-0.15, -0.1) is 0 Å². The first-order chi connectivity index (χ1) is 9.20. The van der Waals surface area contributed by atoms with Gasteiger partial charge in [0.1, 0.15) is 5.75 Å². The fourth-order valence-electron chi connectivity index (χ4n) is 1.08. The van der Waals surface area contributed by atoms with Gasteiger partial charge in [-0.05, 0) is 24.3 Å². The molecule has 0 saturated heterocycles. The lowest BCUT2D eigenvalue weighted by atomic mass is 10.3. The van der Waals surface area contributed by atoms with E-state index in [0.29, 0.717) is 0 Å². The van der Waals surface area contributed by atoms with Crippen molar-refractivity contribution >= 4 is 17.6 Å². The monoisotopic (exact) mass is 293 g/mol. The number of guanidine groups is 2. The van der Waals surface area contributed by atoms with E-state index >= 15 is 0 Å². The van der Waals surface area contributed by atoms with Crippen LogP contribution in [0.5, 0.6) is 5.75 Å². The van der Waals surface area contributed by atoms with Gasteiger partial charge in [-0.3, -0.25) is 0 Å². The largest absolute Gasteiger partial charge is 0.461 e. The molecule has 0 unspecified atom stereocenters. The molecule has 6 N–H and O–H groups in total. The summed E-state index contributed by atoms with van der Waals surface area (Å²) in [4.78, 5) is 7.15. The van der Waals surface area contributed by atoms with Gasteiger partial charge in [0, 0.05) is 0 Å². The normalized spacial score (nSPS) is 12.3. The lowest BCUT2D eigenvalue weighted by Gasteiger charge is -2.16. The van der Waals surface area contributed by atoms with Crippen molar-refractivity contribution < 1.29 is 22.3 Å². The summed E-state index contributed by atoms with van der Waals surface area (Å²) in [7, 11) is 0. The maximum atomic E-state index is 12.6. The number of nitrogens with zero attached hydrogens (tertiary/aromatic N) is 2. The summed E-state index contributed by atoms with van der Waals surface area (Å²) >= 11 is 0. The Morgan fingerprint density at radius 1 is 1.10 bits per heavy atom. The van der Waals surface area contributed by atoms with E-state index in [1.807, 2.05) is 0 Å². The van der Waals surface area contributed by atoms with Crippen molar-refractivity contribution in [3.8, 4) is 5.75 Å². The molecule has 0 heterocycles. The zero-order valence-corrected chi connectivity index (χ0v) is 9.93. The molecule has 0 amide bonds. The Morgan fingerprint density at radius 3 is 2.10 bits per heavy atom. The van der Waals surface area contributed by atoms with E-state index in [-0.39, 0.29) is 17.6 Å². The fourth-order valence-corrected chi connectivity index (χ4v) is 1.08. The summed E-state index contributed by atoms with van der Waals surface area (Å²) in [6, 6.07) is 4.48. The Hall–Kier alpha value is -2.52. The topological polar surface area (TPSA) is 112 Å². The summed E-state index contributed by atoms with van der Waals surface area (Å²) in [6.07, 6.45) is -8.50. The molecule has 0 bridgehead atoms. The molecule has 0 radical (unpaired) electrons. The van der Waals surface area contributed by atoms with Crippen LogP contribution in [0.2, 0.25) is 0 Å². The van der Waals surface area contributed by atoms with Gasteiger partial charge in [0.05, 0.1) is 5.69 Å². The number of nitrogens with two attached hydrogens (primary N) is 3. The van der Waals surface area contributed by atoms with Gasteiger partial charge in [0.15, 0.2) is 5.96 Å². The minimum absolute atomic E-state index is 0.222. The number of ether oxygens (including phenoxy) is 1. The summed E-state index contributed by atoms with van der Waals surface area (Å²) in [5.74, 6) is -1.01. The second-order valence-electron chi connectivity index (χ2n) is 3.47. The van der Waals surface area contributed by atoms with Gasteiger partial charge < -0.3 is 21.9 Å². The molecule has 1 aromatic rings. The van der Waals surface area contributed by atoms with Crippen molar-refractivity contribution in [1.82, 2.24) is 0 Å². The predicted molar refractivity (Wildman–Crippen MR) is 65.1 cm³/mol. The molecule has 0 aliphatic carbocycles.